The predicted molar refractivity (Wildman–Crippen MR) is 76.9 cm³/mol. The van der Waals surface area contributed by atoms with Crippen LogP contribution in [0.1, 0.15) is 30.1 Å². The lowest BCUT2D eigenvalue weighted by molar-refractivity contribution is -0.127. The molecule has 1 aliphatic heterocycles. The number of sulfonamides is 1. The number of carbonyl (C=O) groups excluding carboxylic acids is 1. The molecule has 7 nitrogen and oxygen atoms in total. The molecule has 1 unspecified atom stereocenters. The van der Waals surface area contributed by atoms with Gasteiger partial charge in [-0.3, -0.25) is 4.79 Å². The molecule has 1 amide bonds. The average molecular weight is 332 g/mol. The monoisotopic (exact) mass is 332 g/mol. The van der Waals surface area contributed by atoms with Gasteiger partial charge >= 0.3 is 5.97 Å². The standard InChI is InChI=1S/C12H16N2O5S2/c1-8(6-14-4-2-3-10(14)15)13-21(18,19)11-5-9(7-20-11)12(16)17/h5,7-8,13H,2-4,6H2,1H3,(H,16,17). The maximum atomic E-state index is 12.1. The molecule has 1 fully saturated rings. The highest BCUT2D eigenvalue weighted by Crippen LogP contribution is 2.20. The van der Waals surface area contributed by atoms with Gasteiger partial charge in [0.05, 0.1) is 5.56 Å². The highest BCUT2D eigenvalue weighted by molar-refractivity contribution is 7.91. The van der Waals surface area contributed by atoms with Crippen molar-refractivity contribution < 1.29 is 23.1 Å². The normalized spacial score (nSPS) is 17.2. The van der Waals surface area contributed by atoms with Gasteiger partial charge in [0.15, 0.2) is 0 Å². The molecule has 1 aliphatic rings. The predicted octanol–water partition coefficient (Wildman–Crippen LogP) is 0.736. The Labute approximate surface area is 126 Å². The third kappa shape index (κ3) is 3.80. The summed E-state index contributed by atoms with van der Waals surface area (Å²) in [5, 5.41) is 10.1. The number of amides is 1. The van der Waals surface area contributed by atoms with E-state index in [-0.39, 0.29) is 15.7 Å². The smallest absolute Gasteiger partial charge is 0.336 e. The molecule has 0 aliphatic carbocycles. The molecule has 21 heavy (non-hydrogen) atoms. The first-order chi connectivity index (χ1) is 9.79. The zero-order chi connectivity index (χ0) is 15.6. The summed E-state index contributed by atoms with van der Waals surface area (Å²) in [7, 11) is -3.76. The van der Waals surface area contributed by atoms with Crippen molar-refractivity contribution in [3.8, 4) is 0 Å². The SMILES string of the molecule is CC(CN1CCCC1=O)NS(=O)(=O)c1cc(C(=O)O)cs1. The van der Waals surface area contributed by atoms with Gasteiger partial charge in [-0.05, 0) is 19.4 Å². The van der Waals surface area contributed by atoms with Gasteiger partial charge < -0.3 is 10.0 Å². The van der Waals surface area contributed by atoms with Crippen LogP contribution in [0.4, 0.5) is 0 Å². The fourth-order valence-corrected chi connectivity index (χ4v) is 4.56. The van der Waals surface area contributed by atoms with E-state index in [1.54, 1.807) is 11.8 Å². The number of carboxylic acid groups (broad SMARTS) is 1. The van der Waals surface area contributed by atoms with Crippen LogP contribution in [0.25, 0.3) is 0 Å². The summed E-state index contributed by atoms with van der Waals surface area (Å²) in [4.78, 5) is 23.9. The maximum Gasteiger partial charge on any atom is 0.336 e. The van der Waals surface area contributed by atoms with E-state index in [0.29, 0.717) is 19.5 Å². The quantitative estimate of drug-likeness (QED) is 0.799. The second-order valence-corrected chi connectivity index (χ2v) is 7.78. The van der Waals surface area contributed by atoms with E-state index in [1.165, 1.54) is 5.38 Å². The van der Waals surface area contributed by atoms with E-state index < -0.39 is 22.0 Å². The van der Waals surface area contributed by atoms with Crippen LogP contribution in [0.5, 0.6) is 0 Å². The minimum Gasteiger partial charge on any atom is -0.478 e. The molecule has 2 heterocycles. The molecule has 1 saturated heterocycles. The van der Waals surface area contributed by atoms with Gasteiger partial charge in [-0.2, -0.15) is 0 Å². The number of likely N-dealkylation sites (tertiary alicyclic amines) is 1. The Balaban J connectivity index is 2.02. The average Bonchev–Trinajstić information content (AvgIpc) is 2.99. The largest absolute Gasteiger partial charge is 0.478 e. The summed E-state index contributed by atoms with van der Waals surface area (Å²) in [6.07, 6.45) is 1.30. The van der Waals surface area contributed by atoms with Crippen LogP contribution in [0.2, 0.25) is 0 Å². The van der Waals surface area contributed by atoms with Crippen molar-refractivity contribution in [3.05, 3.63) is 17.0 Å². The molecule has 1 aromatic rings. The summed E-state index contributed by atoms with van der Waals surface area (Å²) < 4.78 is 26.7. The highest BCUT2D eigenvalue weighted by Gasteiger charge is 2.25. The van der Waals surface area contributed by atoms with Crippen LogP contribution in [0, 0.1) is 0 Å². The zero-order valence-electron chi connectivity index (χ0n) is 11.4. The minimum atomic E-state index is -3.76. The molecule has 116 valence electrons. The Morgan fingerprint density at radius 3 is 2.81 bits per heavy atom. The molecule has 9 heteroatoms. The first-order valence-corrected chi connectivity index (χ1v) is 8.78. The first-order valence-electron chi connectivity index (χ1n) is 6.41. The van der Waals surface area contributed by atoms with Crippen LogP contribution in [-0.4, -0.2) is 49.4 Å². The Hall–Kier alpha value is -1.45. The van der Waals surface area contributed by atoms with Crippen molar-refractivity contribution in [3.63, 3.8) is 0 Å². The lowest BCUT2D eigenvalue weighted by Crippen LogP contribution is -2.42. The highest BCUT2D eigenvalue weighted by atomic mass is 32.2. The van der Waals surface area contributed by atoms with Crippen molar-refractivity contribution in [2.75, 3.05) is 13.1 Å². The van der Waals surface area contributed by atoms with E-state index in [4.69, 9.17) is 5.11 Å². The lowest BCUT2D eigenvalue weighted by Gasteiger charge is -2.21. The van der Waals surface area contributed by atoms with Crippen molar-refractivity contribution in [2.45, 2.75) is 30.0 Å². The molecular formula is C12H16N2O5S2. The van der Waals surface area contributed by atoms with Crippen molar-refractivity contribution in [1.82, 2.24) is 9.62 Å². The number of nitrogens with zero attached hydrogens (tertiary/aromatic N) is 1. The van der Waals surface area contributed by atoms with Gasteiger partial charge in [-0.1, -0.05) is 0 Å². The van der Waals surface area contributed by atoms with E-state index in [0.717, 1.165) is 23.8 Å². The van der Waals surface area contributed by atoms with Gasteiger partial charge in [-0.15, -0.1) is 11.3 Å². The fourth-order valence-electron chi connectivity index (χ4n) is 2.16. The van der Waals surface area contributed by atoms with Crippen LogP contribution in [0.3, 0.4) is 0 Å². The second-order valence-electron chi connectivity index (χ2n) is 4.93. The number of hydrogen-bond acceptors (Lipinski definition) is 5. The summed E-state index contributed by atoms with van der Waals surface area (Å²) in [6, 6.07) is 0.690. The third-order valence-corrected chi connectivity index (χ3v) is 6.14. The van der Waals surface area contributed by atoms with E-state index in [2.05, 4.69) is 4.72 Å². The minimum absolute atomic E-state index is 0.0327. The first kappa shape index (κ1) is 15.9. The molecular weight excluding hydrogens is 316 g/mol. The molecule has 2 N–H and O–H groups in total. The second kappa shape index (κ2) is 6.12. The Morgan fingerprint density at radius 1 is 1.57 bits per heavy atom. The fraction of sp³-hybridized carbons (Fsp3) is 0.500. The van der Waals surface area contributed by atoms with Crippen LogP contribution >= 0.6 is 11.3 Å². The summed E-state index contributed by atoms with van der Waals surface area (Å²) in [5.41, 5.74) is -0.0530. The van der Waals surface area contributed by atoms with Gasteiger partial charge in [0.2, 0.25) is 15.9 Å². The number of carboxylic acids is 1. The van der Waals surface area contributed by atoms with Gasteiger partial charge in [0.25, 0.3) is 0 Å². The zero-order valence-corrected chi connectivity index (χ0v) is 13.0. The maximum absolute atomic E-state index is 12.1. The molecule has 2 rings (SSSR count). The van der Waals surface area contributed by atoms with Gasteiger partial charge in [0, 0.05) is 30.9 Å². The number of aromatic carboxylic acids is 1. The molecule has 0 saturated carbocycles. The number of rotatable bonds is 6. The van der Waals surface area contributed by atoms with Crippen LogP contribution in [-0.2, 0) is 14.8 Å². The lowest BCUT2D eigenvalue weighted by atomic mass is 10.3. The van der Waals surface area contributed by atoms with Gasteiger partial charge in [-0.25, -0.2) is 17.9 Å². The Morgan fingerprint density at radius 2 is 2.29 bits per heavy atom. The summed E-state index contributed by atoms with van der Waals surface area (Å²) in [6.45, 7) is 2.64. The third-order valence-electron chi connectivity index (χ3n) is 3.11. The molecule has 1 atom stereocenters. The summed E-state index contributed by atoms with van der Waals surface area (Å²) >= 11 is 0.858. The van der Waals surface area contributed by atoms with E-state index in [1.807, 2.05) is 0 Å². The molecule has 0 bridgehead atoms. The molecule has 0 spiro atoms. The van der Waals surface area contributed by atoms with Gasteiger partial charge in [0.1, 0.15) is 4.21 Å². The van der Waals surface area contributed by atoms with Crippen molar-refractivity contribution in [1.29, 1.82) is 0 Å². The number of hydrogen-bond donors (Lipinski definition) is 2. The number of nitrogens with one attached hydrogen (secondary N) is 1. The van der Waals surface area contributed by atoms with E-state index >= 15 is 0 Å². The van der Waals surface area contributed by atoms with E-state index in [9.17, 15) is 18.0 Å². The molecule has 1 aromatic heterocycles. The Bertz CT molecular complexity index is 652. The van der Waals surface area contributed by atoms with Crippen LogP contribution < -0.4 is 4.72 Å². The van der Waals surface area contributed by atoms with Crippen molar-refractivity contribution >= 4 is 33.2 Å². The molecule has 0 radical (unpaired) electrons. The van der Waals surface area contributed by atoms with Crippen LogP contribution in [0.15, 0.2) is 15.7 Å². The van der Waals surface area contributed by atoms with Crippen molar-refractivity contribution in [2.24, 2.45) is 0 Å². The topological polar surface area (TPSA) is 104 Å². The summed E-state index contributed by atoms with van der Waals surface area (Å²) in [5.74, 6) is -1.13. The Kier molecular flexibility index (Phi) is 4.64. The number of thiophene rings is 1. The number of carbonyl (C=O) groups is 2. The molecule has 0 aromatic carbocycles.